The van der Waals surface area contributed by atoms with Crippen molar-refractivity contribution in [1.29, 1.82) is 0 Å². The highest BCUT2D eigenvalue weighted by atomic mass is 16.5. The van der Waals surface area contributed by atoms with Crippen molar-refractivity contribution in [2.24, 2.45) is 5.92 Å². The first kappa shape index (κ1) is 19.8. The molecular weight excluding hydrogens is 334 g/mol. The molecule has 0 aliphatic heterocycles. The lowest BCUT2D eigenvalue weighted by Gasteiger charge is -2.29. The lowest BCUT2D eigenvalue weighted by atomic mass is 9.86. The first-order valence-corrected chi connectivity index (χ1v) is 8.89. The van der Waals surface area contributed by atoms with E-state index in [0.717, 1.165) is 19.3 Å². The van der Waals surface area contributed by atoms with Crippen LogP contribution in [0.15, 0.2) is 24.3 Å². The molecule has 6 heteroatoms. The van der Waals surface area contributed by atoms with Crippen molar-refractivity contribution in [1.82, 2.24) is 5.32 Å². The Morgan fingerprint density at radius 1 is 1.19 bits per heavy atom. The van der Waals surface area contributed by atoms with Gasteiger partial charge in [-0.05, 0) is 43.0 Å². The predicted molar refractivity (Wildman–Crippen MR) is 99.1 cm³/mol. The molecule has 1 fully saturated rings. The minimum atomic E-state index is -0.582. The van der Waals surface area contributed by atoms with E-state index < -0.39 is 5.97 Å². The molecule has 0 aromatic heterocycles. The second kappa shape index (κ2) is 9.85. The van der Waals surface area contributed by atoms with Crippen LogP contribution in [0.1, 0.15) is 38.2 Å². The van der Waals surface area contributed by atoms with E-state index in [1.165, 1.54) is 12.5 Å². The van der Waals surface area contributed by atoms with Crippen LogP contribution in [0, 0.1) is 5.92 Å². The van der Waals surface area contributed by atoms with E-state index in [1.807, 2.05) is 0 Å². The monoisotopic (exact) mass is 361 g/mol. The molecule has 1 N–H and O–H groups in total. The maximum atomic E-state index is 12.0. The number of nitrogens with one attached hydrogen (secondary N) is 1. The van der Waals surface area contributed by atoms with Crippen molar-refractivity contribution in [2.45, 2.75) is 38.6 Å². The molecule has 0 radical (unpaired) electrons. The van der Waals surface area contributed by atoms with E-state index in [9.17, 15) is 9.59 Å². The fourth-order valence-corrected chi connectivity index (χ4v) is 3.09. The van der Waals surface area contributed by atoms with Gasteiger partial charge < -0.3 is 19.5 Å². The largest absolute Gasteiger partial charge is 0.497 e. The molecule has 26 heavy (non-hydrogen) atoms. The van der Waals surface area contributed by atoms with Gasteiger partial charge in [0.1, 0.15) is 11.5 Å². The Morgan fingerprint density at radius 3 is 2.65 bits per heavy atom. The SMILES string of the molecule is COc1ccc(OC)c(/C=C/C(=O)OCC(=O)N[C@H]2CCCC[C@H]2C)c1. The molecule has 1 saturated carbocycles. The first-order chi connectivity index (χ1) is 12.5. The van der Waals surface area contributed by atoms with Gasteiger partial charge in [-0.15, -0.1) is 0 Å². The number of esters is 1. The van der Waals surface area contributed by atoms with Gasteiger partial charge >= 0.3 is 5.97 Å². The highest BCUT2D eigenvalue weighted by molar-refractivity contribution is 5.89. The topological polar surface area (TPSA) is 73.9 Å². The zero-order valence-electron chi connectivity index (χ0n) is 15.6. The highest BCUT2D eigenvalue weighted by Gasteiger charge is 2.22. The second-order valence-corrected chi connectivity index (χ2v) is 6.48. The van der Waals surface area contributed by atoms with Crippen molar-refractivity contribution in [3.8, 4) is 11.5 Å². The standard InChI is InChI=1S/C20H27NO5/c1-14-6-4-5-7-17(14)21-19(22)13-26-20(23)11-8-15-12-16(24-2)9-10-18(15)25-3/h8-12,14,17H,4-7,13H2,1-3H3,(H,21,22)/b11-8+/t14-,17+/m1/s1. The third-order valence-electron chi connectivity index (χ3n) is 4.64. The normalized spacial score (nSPS) is 19.8. The zero-order valence-corrected chi connectivity index (χ0v) is 15.6. The zero-order chi connectivity index (χ0) is 18.9. The summed E-state index contributed by atoms with van der Waals surface area (Å²) in [5.41, 5.74) is 0.685. The number of carbonyl (C=O) groups is 2. The van der Waals surface area contributed by atoms with Crippen LogP contribution in [0.25, 0.3) is 6.08 Å². The Labute approximate surface area is 154 Å². The summed E-state index contributed by atoms with van der Waals surface area (Å²) in [4.78, 5) is 23.8. The van der Waals surface area contributed by atoms with Gasteiger partial charge in [-0.2, -0.15) is 0 Å². The van der Waals surface area contributed by atoms with Crippen LogP contribution in [0.3, 0.4) is 0 Å². The quantitative estimate of drug-likeness (QED) is 0.597. The van der Waals surface area contributed by atoms with Gasteiger partial charge in [0.05, 0.1) is 14.2 Å². The van der Waals surface area contributed by atoms with Gasteiger partial charge in [-0.1, -0.05) is 19.8 Å². The van der Waals surface area contributed by atoms with Crippen molar-refractivity contribution < 1.29 is 23.8 Å². The molecule has 0 saturated heterocycles. The summed E-state index contributed by atoms with van der Waals surface area (Å²) in [7, 11) is 3.11. The molecule has 1 aromatic rings. The fraction of sp³-hybridized carbons (Fsp3) is 0.500. The number of benzene rings is 1. The fourth-order valence-electron chi connectivity index (χ4n) is 3.09. The Kier molecular flexibility index (Phi) is 7.51. The summed E-state index contributed by atoms with van der Waals surface area (Å²) in [6, 6.07) is 5.44. The molecule has 0 heterocycles. The minimum absolute atomic E-state index is 0.173. The summed E-state index contributed by atoms with van der Waals surface area (Å²) >= 11 is 0. The second-order valence-electron chi connectivity index (χ2n) is 6.48. The molecule has 1 aromatic carbocycles. The van der Waals surface area contributed by atoms with Crippen LogP contribution in [-0.4, -0.2) is 38.7 Å². The summed E-state index contributed by atoms with van der Waals surface area (Å²) in [6.45, 7) is 1.86. The molecule has 0 spiro atoms. The van der Waals surface area contributed by atoms with Gasteiger partial charge in [0, 0.05) is 17.7 Å². The number of ether oxygens (including phenoxy) is 3. The average molecular weight is 361 g/mol. The lowest BCUT2D eigenvalue weighted by Crippen LogP contribution is -2.42. The summed E-state index contributed by atoms with van der Waals surface area (Å²) in [5, 5.41) is 2.95. The first-order valence-electron chi connectivity index (χ1n) is 8.89. The number of rotatable bonds is 7. The molecule has 0 unspecified atom stereocenters. The van der Waals surface area contributed by atoms with Gasteiger partial charge in [0.25, 0.3) is 5.91 Å². The van der Waals surface area contributed by atoms with Crippen LogP contribution in [0.4, 0.5) is 0 Å². The van der Waals surface area contributed by atoms with Crippen LogP contribution in [-0.2, 0) is 14.3 Å². The number of carbonyl (C=O) groups excluding carboxylic acids is 2. The molecule has 142 valence electrons. The number of methoxy groups -OCH3 is 2. The van der Waals surface area contributed by atoms with Gasteiger partial charge in [-0.3, -0.25) is 4.79 Å². The lowest BCUT2D eigenvalue weighted by molar-refractivity contribution is -0.144. The number of hydrogen-bond donors (Lipinski definition) is 1. The van der Waals surface area contributed by atoms with Gasteiger partial charge in [0.15, 0.2) is 6.61 Å². The van der Waals surface area contributed by atoms with Crippen molar-refractivity contribution >= 4 is 18.0 Å². The maximum absolute atomic E-state index is 12.0. The van der Waals surface area contributed by atoms with E-state index in [1.54, 1.807) is 38.5 Å². The van der Waals surface area contributed by atoms with E-state index in [4.69, 9.17) is 14.2 Å². The summed E-state index contributed by atoms with van der Waals surface area (Å²) in [5.74, 6) is 0.883. The number of amides is 1. The van der Waals surface area contributed by atoms with Crippen LogP contribution in [0.5, 0.6) is 11.5 Å². The molecule has 1 amide bonds. The van der Waals surface area contributed by atoms with Crippen LogP contribution >= 0.6 is 0 Å². The Morgan fingerprint density at radius 2 is 1.96 bits per heavy atom. The van der Waals surface area contributed by atoms with Gasteiger partial charge in [0.2, 0.25) is 0 Å². The van der Waals surface area contributed by atoms with E-state index >= 15 is 0 Å². The van der Waals surface area contributed by atoms with Crippen molar-refractivity contribution in [2.75, 3.05) is 20.8 Å². The third-order valence-corrected chi connectivity index (χ3v) is 4.64. The Hall–Kier alpha value is -2.50. The highest BCUT2D eigenvalue weighted by Crippen LogP contribution is 2.25. The summed E-state index contributed by atoms with van der Waals surface area (Å²) in [6.07, 6.45) is 7.28. The summed E-state index contributed by atoms with van der Waals surface area (Å²) < 4.78 is 15.4. The van der Waals surface area contributed by atoms with E-state index in [0.29, 0.717) is 23.0 Å². The van der Waals surface area contributed by atoms with Crippen molar-refractivity contribution in [3.05, 3.63) is 29.8 Å². The van der Waals surface area contributed by atoms with Gasteiger partial charge in [-0.25, -0.2) is 4.79 Å². The minimum Gasteiger partial charge on any atom is -0.497 e. The predicted octanol–water partition coefficient (Wildman–Crippen LogP) is 2.96. The van der Waals surface area contributed by atoms with E-state index in [2.05, 4.69) is 12.2 Å². The molecular formula is C20H27NO5. The Bertz CT molecular complexity index is 656. The smallest absolute Gasteiger partial charge is 0.331 e. The van der Waals surface area contributed by atoms with Crippen LogP contribution in [0.2, 0.25) is 0 Å². The molecule has 2 rings (SSSR count). The Balaban J connectivity index is 1.84. The third kappa shape index (κ3) is 5.79. The van der Waals surface area contributed by atoms with Crippen molar-refractivity contribution in [3.63, 3.8) is 0 Å². The molecule has 0 bridgehead atoms. The molecule has 1 aliphatic carbocycles. The van der Waals surface area contributed by atoms with Crippen LogP contribution < -0.4 is 14.8 Å². The molecule has 6 nitrogen and oxygen atoms in total. The van der Waals surface area contributed by atoms with E-state index in [-0.39, 0.29) is 18.6 Å². The average Bonchev–Trinajstić information content (AvgIpc) is 2.66. The number of hydrogen-bond acceptors (Lipinski definition) is 5. The maximum Gasteiger partial charge on any atom is 0.331 e. The molecule has 1 aliphatic rings. The molecule has 2 atom stereocenters.